The summed E-state index contributed by atoms with van der Waals surface area (Å²) in [6, 6.07) is 10.3. The molecule has 0 bridgehead atoms. The lowest BCUT2D eigenvalue weighted by molar-refractivity contribution is 0.213. The molecule has 0 amide bonds. The zero-order valence-electron chi connectivity index (χ0n) is 13.2. The SMILES string of the molecule is CCn1c(-c2ccccc2)nn(CN2CCCCCC2)c1=S. The zero-order chi connectivity index (χ0) is 15.4. The Labute approximate surface area is 137 Å². The molecule has 3 rings (SSSR count). The average Bonchev–Trinajstić information content (AvgIpc) is 2.72. The van der Waals surface area contributed by atoms with Crippen molar-refractivity contribution in [2.75, 3.05) is 13.1 Å². The van der Waals surface area contributed by atoms with Gasteiger partial charge in [0.1, 0.15) is 0 Å². The fourth-order valence-corrected chi connectivity index (χ4v) is 3.40. The second-order valence-corrected chi connectivity index (χ2v) is 6.25. The van der Waals surface area contributed by atoms with E-state index >= 15 is 0 Å². The number of hydrogen-bond acceptors (Lipinski definition) is 3. The predicted molar refractivity (Wildman–Crippen MR) is 92.2 cm³/mol. The summed E-state index contributed by atoms with van der Waals surface area (Å²) in [6.45, 7) is 6.10. The van der Waals surface area contributed by atoms with Crippen molar-refractivity contribution in [2.24, 2.45) is 0 Å². The number of aromatic nitrogens is 3. The van der Waals surface area contributed by atoms with E-state index in [2.05, 4.69) is 28.5 Å². The second kappa shape index (κ2) is 7.20. The minimum Gasteiger partial charge on any atom is -0.300 e. The van der Waals surface area contributed by atoms with Crippen LogP contribution in [0.4, 0.5) is 0 Å². The summed E-state index contributed by atoms with van der Waals surface area (Å²) < 4.78 is 4.94. The molecule has 1 aromatic heterocycles. The molecule has 1 fully saturated rings. The molecule has 0 spiro atoms. The zero-order valence-corrected chi connectivity index (χ0v) is 14.1. The van der Waals surface area contributed by atoms with Crippen LogP contribution >= 0.6 is 12.2 Å². The van der Waals surface area contributed by atoms with Gasteiger partial charge in [0.25, 0.3) is 0 Å². The van der Waals surface area contributed by atoms with Crippen molar-refractivity contribution in [3.63, 3.8) is 0 Å². The molecule has 0 aliphatic carbocycles. The highest BCUT2D eigenvalue weighted by atomic mass is 32.1. The van der Waals surface area contributed by atoms with Gasteiger partial charge in [0.15, 0.2) is 10.6 Å². The van der Waals surface area contributed by atoms with Gasteiger partial charge in [-0.05, 0) is 45.1 Å². The highest BCUT2D eigenvalue weighted by molar-refractivity contribution is 7.71. The maximum atomic E-state index is 5.65. The number of rotatable bonds is 4. The average molecular weight is 316 g/mol. The summed E-state index contributed by atoms with van der Waals surface area (Å²) in [4.78, 5) is 2.48. The van der Waals surface area contributed by atoms with Gasteiger partial charge in [0, 0.05) is 12.1 Å². The van der Waals surface area contributed by atoms with Crippen molar-refractivity contribution >= 4 is 12.2 Å². The van der Waals surface area contributed by atoms with Gasteiger partial charge in [0.2, 0.25) is 0 Å². The Morgan fingerprint density at radius 1 is 1.05 bits per heavy atom. The van der Waals surface area contributed by atoms with Crippen LogP contribution in [0.15, 0.2) is 30.3 Å². The summed E-state index contributed by atoms with van der Waals surface area (Å²) in [5.41, 5.74) is 1.13. The maximum absolute atomic E-state index is 5.65. The number of nitrogens with zero attached hydrogens (tertiary/aromatic N) is 4. The molecular formula is C17H24N4S. The van der Waals surface area contributed by atoms with Crippen LogP contribution in [0.3, 0.4) is 0 Å². The smallest absolute Gasteiger partial charge is 0.199 e. The second-order valence-electron chi connectivity index (χ2n) is 5.89. The molecule has 1 aromatic carbocycles. The van der Waals surface area contributed by atoms with Gasteiger partial charge in [-0.3, -0.25) is 4.90 Å². The van der Waals surface area contributed by atoms with E-state index < -0.39 is 0 Å². The predicted octanol–water partition coefficient (Wildman–Crippen LogP) is 3.93. The summed E-state index contributed by atoms with van der Waals surface area (Å²) in [5, 5.41) is 4.81. The minimum absolute atomic E-state index is 0.811. The van der Waals surface area contributed by atoms with Gasteiger partial charge in [-0.1, -0.05) is 43.2 Å². The molecule has 1 saturated heterocycles. The monoisotopic (exact) mass is 316 g/mol. The summed E-state index contributed by atoms with van der Waals surface area (Å²) in [7, 11) is 0. The lowest BCUT2D eigenvalue weighted by atomic mass is 10.2. The standard InChI is InChI=1S/C17H24N4S/c1-2-20-16(15-10-6-5-7-11-15)18-21(17(20)22)14-19-12-8-3-4-9-13-19/h5-7,10-11H,2-4,8-9,12-14H2,1H3. The molecule has 2 heterocycles. The third-order valence-corrected chi connectivity index (χ3v) is 4.73. The molecule has 0 saturated carbocycles. The van der Waals surface area contributed by atoms with Gasteiger partial charge in [-0.15, -0.1) is 0 Å². The third-order valence-electron chi connectivity index (χ3n) is 4.30. The van der Waals surface area contributed by atoms with E-state index in [1.54, 1.807) is 0 Å². The first-order valence-corrected chi connectivity index (χ1v) is 8.66. The molecule has 1 aliphatic heterocycles. The molecule has 0 atom stereocenters. The van der Waals surface area contributed by atoms with Gasteiger partial charge >= 0.3 is 0 Å². The van der Waals surface area contributed by atoms with Crippen molar-refractivity contribution in [2.45, 2.75) is 45.8 Å². The van der Waals surface area contributed by atoms with E-state index in [0.29, 0.717) is 0 Å². The maximum Gasteiger partial charge on any atom is 0.199 e. The Kier molecular flexibility index (Phi) is 5.05. The van der Waals surface area contributed by atoms with Crippen molar-refractivity contribution in [3.8, 4) is 11.4 Å². The Bertz CT molecular complexity index is 651. The number of benzene rings is 1. The Balaban J connectivity index is 1.89. The van der Waals surface area contributed by atoms with E-state index in [9.17, 15) is 0 Å². The minimum atomic E-state index is 0.811. The van der Waals surface area contributed by atoms with E-state index in [1.807, 2.05) is 22.9 Å². The van der Waals surface area contributed by atoms with Gasteiger partial charge < -0.3 is 4.57 Å². The van der Waals surface area contributed by atoms with E-state index in [-0.39, 0.29) is 0 Å². The molecule has 2 aromatic rings. The topological polar surface area (TPSA) is 26.0 Å². The van der Waals surface area contributed by atoms with E-state index in [4.69, 9.17) is 17.3 Å². The van der Waals surface area contributed by atoms with Crippen LogP contribution in [0, 0.1) is 4.77 Å². The first kappa shape index (κ1) is 15.4. The van der Waals surface area contributed by atoms with Gasteiger partial charge in [-0.25, -0.2) is 4.68 Å². The number of likely N-dealkylation sites (tertiary alicyclic amines) is 1. The van der Waals surface area contributed by atoms with Crippen LogP contribution in [0.2, 0.25) is 0 Å². The van der Waals surface area contributed by atoms with Crippen molar-refractivity contribution in [1.82, 2.24) is 19.2 Å². The van der Waals surface area contributed by atoms with Crippen LogP contribution in [0.25, 0.3) is 11.4 Å². The molecular weight excluding hydrogens is 292 g/mol. The summed E-state index contributed by atoms with van der Waals surface area (Å²) in [6.07, 6.45) is 5.27. The van der Waals surface area contributed by atoms with Crippen LogP contribution < -0.4 is 0 Å². The van der Waals surface area contributed by atoms with E-state index in [0.717, 1.165) is 42.5 Å². The molecule has 1 aliphatic rings. The molecule has 118 valence electrons. The van der Waals surface area contributed by atoms with Crippen LogP contribution in [0.5, 0.6) is 0 Å². The largest absolute Gasteiger partial charge is 0.300 e. The van der Waals surface area contributed by atoms with Crippen LogP contribution in [-0.2, 0) is 13.2 Å². The van der Waals surface area contributed by atoms with Crippen molar-refractivity contribution < 1.29 is 0 Å². The van der Waals surface area contributed by atoms with Gasteiger partial charge in [0.05, 0.1) is 6.67 Å². The van der Waals surface area contributed by atoms with E-state index in [1.165, 1.54) is 25.7 Å². The number of hydrogen-bond donors (Lipinski definition) is 0. The molecule has 0 N–H and O–H groups in total. The highest BCUT2D eigenvalue weighted by Crippen LogP contribution is 2.19. The van der Waals surface area contributed by atoms with Crippen molar-refractivity contribution in [1.29, 1.82) is 0 Å². The fourth-order valence-electron chi connectivity index (χ4n) is 3.09. The lowest BCUT2D eigenvalue weighted by Crippen LogP contribution is -2.28. The first-order valence-electron chi connectivity index (χ1n) is 8.25. The molecule has 4 nitrogen and oxygen atoms in total. The van der Waals surface area contributed by atoms with Gasteiger partial charge in [-0.2, -0.15) is 5.10 Å². The molecule has 0 unspecified atom stereocenters. The molecule has 5 heteroatoms. The Hall–Kier alpha value is -1.46. The quantitative estimate of drug-likeness (QED) is 0.799. The van der Waals surface area contributed by atoms with Crippen LogP contribution in [-0.4, -0.2) is 32.3 Å². The third kappa shape index (κ3) is 3.31. The Morgan fingerprint density at radius 2 is 1.73 bits per heavy atom. The molecule has 22 heavy (non-hydrogen) atoms. The Morgan fingerprint density at radius 3 is 2.36 bits per heavy atom. The highest BCUT2D eigenvalue weighted by Gasteiger charge is 2.15. The first-order chi connectivity index (χ1) is 10.8. The summed E-state index contributed by atoms with van der Waals surface area (Å²) >= 11 is 5.65. The molecule has 0 radical (unpaired) electrons. The fraction of sp³-hybridized carbons (Fsp3) is 0.529. The summed E-state index contributed by atoms with van der Waals surface area (Å²) in [5.74, 6) is 0.975. The normalized spacial score (nSPS) is 16.6. The van der Waals surface area contributed by atoms with Crippen molar-refractivity contribution in [3.05, 3.63) is 35.1 Å². The lowest BCUT2D eigenvalue weighted by Gasteiger charge is -2.19. The van der Waals surface area contributed by atoms with Crippen LogP contribution in [0.1, 0.15) is 32.6 Å².